The van der Waals surface area contributed by atoms with Crippen molar-refractivity contribution in [2.75, 3.05) is 25.0 Å². The van der Waals surface area contributed by atoms with E-state index in [1.54, 1.807) is 9.80 Å². The first kappa shape index (κ1) is 22.5. The van der Waals surface area contributed by atoms with Crippen LogP contribution in [0.5, 0.6) is 0 Å². The number of benzene rings is 2. The fourth-order valence-corrected chi connectivity index (χ4v) is 5.60. The summed E-state index contributed by atoms with van der Waals surface area (Å²) in [7, 11) is 0. The van der Waals surface area contributed by atoms with Crippen LogP contribution in [0.3, 0.4) is 0 Å². The van der Waals surface area contributed by atoms with Crippen LogP contribution in [0, 0.1) is 17.8 Å². The zero-order valence-corrected chi connectivity index (χ0v) is 19.3. The number of fused-ring (bicyclic) bond motifs is 1. The Morgan fingerprint density at radius 3 is 2.47 bits per heavy atom. The number of carbonyl (C=O) groups is 2. The summed E-state index contributed by atoms with van der Waals surface area (Å²) in [5.74, 6) is 7.13. The van der Waals surface area contributed by atoms with Crippen LogP contribution >= 0.6 is 0 Å². The van der Waals surface area contributed by atoms with Gasteiger partial charge in [-0.25, -0.2) is 4.79 Å². The van der Waals surface area contributed by atoms with Crippen molar-refractivity contribution < 1.29 is 14.7 Å². The van der Waals surface area contributed by atoms with Crippen molar-refractivity contribution in [2.45, 2.75) is 50.1 Å². The lowest BCUT2D eigenvalue weighted by molar-refractivity contribution is -0.159. The van der Waals surface area contributed by atoms with Gasteiger partial charge in [0.1, 0.15) is 6.54 Å². The molecule has 1 saturated carbocycles. The number of nitrogens with one attached hydrogen (secondary N) is 1. The summed E-state index contributed by atoms with van der Waals surface area (Å²) >= 11 is 0. The fourth-order valence-electron chi connectivity index (χ4n) is 5.60. The van der Waals surface area contributed by atoms with Gasteiger partial charge in [-0.3, -0.25) is 4.79 Å². The van der Waals surface area contributed by atoms with Crippen molar-refractivity contribution in [3.63, 3.8) is 0 Å². The summed E-state index contributed by atoms with van der Waals surface area (Å²) in [5, 5.41) is 12.9. The Bertz CT molecular complexity index is 1080. The second-order valence-corrected chi connectivity index (χ2v) is 9.55. The van der Waals surface area contributed by atoms with E-state index in [1.807, 2.05) is 42.5 Å². The molecule has 5 rings (SSSR count). The highest BCUT2D eigenvalue weighted by atomic mass is 16.3. The molecule has 34 heavy (non-hydrogen) atoms. The van der Waals surface area contributed by atoms with Gasteiger partial charge in [0, 0.05) is 29.6 Å². The summed E-state index contributed by atoms with van der Waals surface area (Å²) in [5.41, 5.74) is 2.77. The van der Waals surface area contributed by atoms with Gasteiger partial charge in [-0.05, 0) is 42.7 Å². The van der Waals surface area contributed by atoms with Crippen LogP contribution in [0.2, 0.25) is 0 Å². The van der Waals surface area contributed by atoms with E-state index in [0.29, 0.717) is 18.2 Å². The third-order valence-corrected chi connectivity index (χ3v) is 7.39. The zero-order chi connectivity index (χ0) is 23.5. The lowest BCUT2D eigenvalue weighted by atomic mass is 9.73. The monoisotopic (exact) mass is 457 g/mol. The molecule has 2 saturated heterocycles. The van der Waals surface area contributed by atoms with Crippen LogP contribution in [0.1, 0.15) is 49.1 Å². The van der Waals surface area contributed by atoms with Crippen molar-refractivity contribution in [3.05, 3.63) is 65.7 Å². The Kier molecular flexibility index (Phi) is 6.55. The number of amides is 3. The van der Waals surface area contributed by atoms with Gasteiger partial charge in [0.2, 0.25) is 5.91 Å². The number of piperazine rings is 1. The second kappa shape index (κ2) is 9.90. The molecule has 3 aliphatic rings. The van der Waals surface area contributed by atoms with E-state index in [4.69, 9.17) is 0 Å². The molecule has 0 radical (unpaired) electrons. The van der Waals surface area contributed by atoms with Crippen LogP contribution in [0.15, 0.2) is 54.6 Å². The van der Waals surface area contributed by atoms with Gasteiger partial charge >= 0.3 is 6.03 Å². The van der Waals surface area contributed by atoms with Gasteiger partial charge in [-0.15, -0.1) is 0 Å². The number of aliphatic hydroxyl groups is 1. The smallest absolute Gasteiger partial charge is 0.322 e. The Morgan fingerprint density at radius 1 is 1.03 bits per heavy atom. The van der Waals surface area contributed by atoms with Crippen molar-refractivity contribution >= 4 is 17.6 Å². The number of para-hydroxylation sites is 1. The van der Waals surface area contributed by atoms with Gasteiger partial charge in [0.15, 0.2) is 0 Å². The minimum atomic E-state index is -0.279. The summed E-state index contributed by atoms with van der Waals surface area (Å²) in [4.78, 5) is 29.0. The predicted molar refractivity (Wildman–Crippen MR) is 131 cm³/mol. The van der Waals surface area contributed by atoms with Crippen LogP contribution in [0.25, 0.3) is 0 Å². The van der Waals surface area contributed by atoms with Crippen molar-refractivity contribution in [1.29, 1.82) is 0 Å². The molecule has 6 nitrogen and oxygen atoms in total. The SMILES string of the molecule is O=C(Nc1ccccc1)N1CC(=O)N2[C@H](C1)[C@H](c1ccc(C#CC3CCCCC3)cc1)[C@@H]2CO. The molecule has 0 bridgehead atoms. The lowest BCUT2D eigenvalue weighted by Gasteiger charge is -2.58. The van der Waals surface area contributed by atoms with Gasteiger partial charge < -0.3 is 20.2 Å². The first-order valence-electron chi connectivity index (χ1n) is 12.3. The summed E-state index contributed by atoms with van der Waals surface area (Å²) in [6.07, 6.45) is 6.28. The van der Waals surface area contributed by atoms with E-state index < -0.39 is 0 Å². The van der Waals surface area contributed by atoms with Gasteiger partial charge in [-0.2, -0.15) is 0 Å². The molecule has 3 atom stereocenters. The number of anilines is 1. The van der Waals surface area contributed by atoms with Crippen molar-refractivity contribution in [2.24, 2.45) is 5.92 Å². The number of urea groups is 1. The molecular weight excluding hydrogens is 426 g/mol. The Labute approximate surface area is 200 Å². The number of hydrogen-bond donors (Lipinski definition) is 2. The van der Waals surface area contributed by atoms with Gasteiger partial charge in [-0.1, -0.05) is 61.4 Å². The molecule has 176 valence electrons. The average molecular weight is 458 g/mol. The largest absolute Gasteiger partial charge is 0.394 e. The highest BCUT2D eigenvalue weighted by Crippen LogP contribution is 2.43. The highest BCUT2D eigenvalue weighted by molar-refractivity contribution is 5.93. The zero-order valence-electron chi connectivity index (χ0n) is 19.3. The minimum Gasteiger partial charge on any atom is -0.394 e. The van der Waals surface area contributed by atoms with E-state index in [0.717, 1.165) is 11.1 Å². The Hall–Kier alpha value is -3.30. The molecule has 2 aromatic rings. The minimum absolute atomic E-state index is 0.0124. The molecule has 2 aliphatic heterocycles. The molecule has 2 N–H and O–H groups in total. The molecule has 0 unspecified atom stereocenters. The Balaban J connectivity index is 1.28. The first-order valence-corrected chi connectivity index (χ1v) is 12.3. The normalized spacial score (nSPS) is 24.5. The highest BCUT2D eigenvalue weighted by Gasteiger charge is 2.54. The molecule has 2 aromatic carbocycles. The predicted octanol–water partition coefficient (Wildman–Crippen LogP) is 3.82. The Morgan fingerprint density at radius 2 is 1.76 bits per heavy atom. The summed E-state index contributed by atoms with van der Waals surface area (Å²) in [6, 6.07) is 16.8. The third-order valence-electron chi connectivity index (χ3n) is 7.39. The van der Waals surface area contributed by atoms with E-state index in [2.05, 4.69) is 29.3 Å². The number of aliphatic hydroxyl groups excluding tert-OH is 1. The topological polar surface area (TPSA) is 72.9 Å². The maximum atomic E-state index is 12.8. The average Bonchev–Trinajstić information content (AvgIpc) is 2.86. The van der Waals surface area contributed by atoms with Crippen LogP contribution in [-0.4, -0.2) is 58.6 Å². The van der Waals surface area contributed by atoms with E-state index in [1.165, 1.54) is 32.1 Å². The molecule has 0 spiro atoms. The quantitative estimate of drug-likeness (QED) is 0.689. The summed E-state index contributed by atoms with van der Waals surface area (Å²) in [6.45, 7) is 0.370. The van der Waals surface area contributed by atoms with E-state index in [9.17, 15) is 14.7 Å². The summed E-state index contributed by atoms with van der Waals surface area (Å²) < 4.78 is 0. The fraction of sp³-hybridized carbons (Fsp3) is 0.429. The van der Waals surface area contributed by atoms with E-state index >= 15 is 0 Å². The van der Waals surface area contributed by atoms with Gasteiger partial charge in [0.05, 0.1) is 18.7 Å². The molecular formula is C28H31N3O3. The maximum Gasteiger partial charge on any atom is 0.322 e. The first-order chi connectivity index (χ1) is 16.6. The van der Waals surface area contributed by atoms with Crippen molar-refractivity contribution in [3.8, 4) is 11.8 Å². The molecule has 3 fully saturated rings. The molecule has 0 aromatic heterocycles. The molecule has 2 heterocycles. The number of carbonyl (C=O) groups excluding carboxylic acids is 2. The third kappa shape index (κ3) is 4.53. The second-order valence-electron chi connectivity index (χ2n) is 9.55. The number of rotatable bonds is 3. The number of nitrogens with zero attached hydrogens (tertiary/aromatic N) is 2. The molecule has 1 aliphatic carbocycles. The standard InChI is InChI=1S/C28H31N3O3/c32-19-25-27(22-15-13-21(14-16-22)12-11-20-7-3-1-4-8-20)24-17-30(18-26(33)31(24)25)28(34)29-23-9-5-2-6-10-23/h2,5-6,9-10,13-16,20,24-25,27,32H,1,3-4,7-8,17-19H2,(H,29,34)/t24-,25+,27+/m1/s1. The van der Waals surface area contributed by atoms with E-state index in [-0.39, 0.29) is 43.1 Å². The van der Waals surface area contributed by atoms with Crippen molar-refractivity contribution in [1.82, 2.24) is 9.80 Å². The maximum absolute atomic E-state index is 12.8. The van der Waals surface area contributed by atoms with Gasteiger partial charge in [0.25, 0.3) is 0 Å². The van der Waals surface area contributed by atoms with Crippen LogP contribution < -0.4 is 5.32 Å². The van der Waals surface area contributed by atoms with Crippen LogP contribution in [0.4, 0.5) is 10.5 Å². The molecule has 6 heteroatoms. The van der Waals surface area contributed by atoms with Crippen LogP contribution in [-0.2, 0) is 4.79 Å². The lowest BCUT2D eigenvalue weighted by Crippen LogP contribution is -2.73. The number of hydrogen-bond acceptors (Lipinski definition) is 3. The molecule has 3 amide bonds.